The first-order chi connectivity index (χ1) is 3.31. The molecule has 0 saturated heterocycles. The first-order valence-corrected chi connectivity index (χ1v) is 8.54. The SMILES string of the molecule is CC[I-]C(C)[I-]C. The summed E-state index contributed by atoms with van der Waals surface area (Å²) in [7, 11) is 0. The van der Waals surface area contributed by atoms with Gasteiger partial charge in [-0.15, -0.1) is 0 Å². The van der Waals surface area contributed by atoms with Crippen molar-refractivity contribution in [2.75, 3.05) is 9.36 Å². The fourth-order valence-corrected chi connectivity index (χ4v) is 6.28. The van der Waals surface area contributed by atoms with Gasteiger partial charge in [0.1, 0.15) is 0 Å². The summed E-state index contributed by atoms with van der Waals surface area (Å²) in [6.45, 7) is 4.72. The Bertz CT molecular complexity index is 37.1. The topological polar surface area (TPSA) is 0 Å². The number of alkyl halides is 4. The average Bonchev–Trinajstić information content (AvgIpc) is 1.68. The van der Waals surface area contributed by atoms with E-state index in [1.54, 1.807) is 0 Å². The van der Waals surface area contributed by atoms with Gasteiger partial charge in [-0.25, -0.2) is 0 Å². The van der Waals surface area contributed by atoms with Crippen LogP contribution < -0.4 is 42.4 Å². The van der Waals surface area contributed by atoms with E-state index >= 15 is 0 Å². The van der Waals surface area contributed by atoms with Crippen LogP contribution in [0.5, 0.6) is 0 Å². The van der Waals surface area contributed by atoms with Gasteiger partial charge in [0.15, 0.2) is 0 Å². The van der Waals surface area contributed by atoms with E-state index in [2.05, 4.69) is 18.8 Å². The Hall–Kier alpha value is 1.46. The molecule has 0 aliphatic carbocycles. The molecule has 7 heavy (non-hydrogen) atoms. The van der Waals surface area contributed by atoms with Crippen LogP contribution >= 0.6 is 0 Å². The molecule has 0 spiro atoms. The van der Waals surface area contributed by atoms with Crippen molar-refractivity contribution in [1.29, 1.82) is 0 Å². The normalized spacial score (nSPS) is 15.3. The second kappa shape index (κ2) is 5.59. The zero-order valence-electron chi connectivity index (χ0n) is 5.04. The van der Waals surface area contributed by atoms with E-state index in [0.717, 1.165) is 0 Å². The predicted molar refractivity (Wildman–Crippen MR) is 25.9 cm³/mol. The molecule has 0 heterocycles. The molecule has 0 nitrogen and oxygen atoms in total. The predicted octanol–water partition coefficient (Wildman–Crippen LogP) is -4.84. The van der Waals surface area contributed by atoms with E-state index in [9.17, 15) is 0 Å². The standard InChI is InChI=1S/C5H12I2/c1-4-7-5(2)6-3/h5H,4H2,1-3H3/q-2. The maximum atomic E-state index is 2.41. The molecule has 1 unspecified atom stereocenters. The molecule has 2 heteroatoms. The number of hydrogen-bond donors (Lipinski definition) is 0. The second-order valence-electron chi connectivity index (χ2n) is 1.16. The number of hydrogen-bond acceptors (Lipinski definition) is 0. The van der Waals surface area contributed by atoms with E-state index in [1.807, 2.05) is 0 Å². The molecular formula is C5H12I2-2. The third kappa shape index (κ3) is 5.33. The molecule has 0 aromatic rings. The molecule has 0 aromatic carbocycles. The van der Waals surface area contributed by atoms with E-state index in [-0.39, 0.29) is 0 Å². The molecule has 0 aliphatic heterocycles. The van der Waals surface area contributed by atoms with Gasteiger partial charge in [-0.1, -0.05) is 0 Å². The summed E-state index contributed by atoms with van der Waals surface area (Å²) < 4.78 is 2.65. The van der Waals surface area contributed by atoms with Crippen molar-refractivity contribution in [2.45, 2.75) is 15.8 Å². The van der Waals surface area contributed by atoms with Crippen molar-refractivity contribution in [2.24, 2.45) is 0 Å². The summed E-state index contributed by atoms with van der Waals surface area (Å²) in [6, 6.07) is 0. The second-order valence-corrected chi connectivity index (χ2v) is 10.9. The van der Waals surface area contributed by atoms with Gasteiger partial charge >= 0.3 is 67.5 Å². The van der Waals surface area contributed by atoms with Gasteiger partial charge in [-0.3, -0.25) is 0 Å². The summed E-state index contributed by atoms with van der Waals surface area (Å²) >= 11 is 1.20. The van der Waals surface area contributed by atoms with Gasteiger partial charge in [0.05, 0.1) is 0 Å². The van der Waals surface area contributed by atoms with Gasteiger partial charge < -0.3 is 0 Å². The Morgan fingerprint density at radius 3 is 2.29 bits per heavy atom. The maximum absolute atomic E-state index is 2.41. The Morgan fingerprint density at radius 1 is 1.57 bits per heavy atom. The van der Waals surface area contributed by atoms with Crippen LogP contribution in [0.15, 0.2) is 0 Å². The van der Waals surface area contributed by atoms with Crippen molar-refractivity contribution in [3.8, 4) is 0 Å². The van der Waals surface area contributed by atoms with Crippen molar-refractivity contribution in [3.05, 3.63) is 0 Å². The van der Waals surface area contributed by atoms with Crippen LogP contribution in [0, 0.1) is 0 Å². The summed E-state index contributed by atoms with van der Waals surface area (Å²) in [5.41, 5.74) is 0. The Labute approximate surface area is 67.0 Å². The third-order valence-corrected chi connectivity index (χ3v) is 9.87. The van der Waals surface area contributed by atoms with Crippen molar-refractivity contribution >= 4 is 0 Å². The molecular weight excluding hydrogens is 314 g/mol. The summed E-state index contributed by atoms with van der Waals surface area (Å²) in [5, 5.41) is 0. The van der Waals surface area contributed by atoms with Crippen molar-refractivity contribution < 1.29 is 42.4 Å². The average molecular weight is 326 g/mol. The van der Waals surface area contributed by atoms with E-state index in [4.69, 9.17) is 0 Å². The minimum atomic E-state index is 0.587. The van der Waals surface area contributed by atoms with Crippen LogP contribution in [0.4, 0.5) is 0 Å². The molecule has 48 valence electrons. The van der Waals surface area contributed by atoms with E-state index in [1.165, 1.54) is 6.36 Å². The molecule has 0 bridgehead atoms. The van der Waals surface area contributed by atoms with Crippen LogP contribution in [0.25, 0.3) is 0 Å². The molecule has 0 N–H and O–H groups in total. The fourth-order valence-electron chi connectivity index (χ4n) is 0.271. The molecule has 0 aliphatic rings. The van der Waals surface area contributed by atoms with Crippen LogP contribution in [0.1, 0.15) is 13.8 Å². The minimum absolute atomic E-state index is 0.587. The monoisotopic (exact) mass is 326 g/mol. The summed E-state index contributed by atoms with van der Waals surface area (Å²) in [6.07, 6.45) is 0. The quantitative estimate of drug-likeness (QED) is 0.361. The molecule has 1 atom stereocenters. The molecule has 0 saturated carbocycles. The molecule has 0 rings (SSSR count). The van der Waals surface area contributed by atoms with Gasteiger partial charge in [0.25, 0.3) is 0 Å². The van der Waals surface area contributed by atoms with E-state index < -0.39 is 0 Å². The van der Waals surface area contributed by atoms with Crippen LogP contribution in [-0.4, -0.2) is 11.3 Å². The zero-order chi connectivity index (χ0) is 5.70. The summed E-state index contributed by atoms with van der Waals surface area (Å²) in [5.74, 6) is 0. The van der Waals surface area contributed by atoms with Gasteiger partial charge in [0.2, 0.25) is 0 Å². The van der Waals surface area contributed by atoms with Gasteiger partial charge in [-0.2, -0.15) is 0 Å². The first-order valence-electron chi connectivity index (χ1n) is 2.37. The Morgan fingerprint density at radius 2 is 2.14 bits per heavy atom. The molecule has 0 amide bonds. The van der Waals surface area contributed by atoms with Crippen LogP contribution in [0.2, 0.25) is 0 Å². The molecule has 0 fully saturated rings. The summed E-state index contributed by atoms with van der Waals surface area (Å²) in [4.78, 5) is 2.39. The van der Waals surface area contributed by atoms with Gasteiger partial charge in [0, 0.05) is 0 Å². The van der Waals surface area contributed by atoms with Crippen molar-refractivity contribution in [1.82, 2.24) is 0 Å². The van der Waals surface area contributed by atoms with Crippen LogP contribution in [-0.2, 0) is 0 Å². The fraction of sp³-hybridized carbons (Fsp3) is 1.00. The molecule has 0 aromatic heterocycles. The van der Waals surface area contributed by atoms with Crippen LogP contribution in [0.3, 0.4) is 0 Å². The number of rotatable bonds is 3. The third-order valence-electron chi connectivity index (χ3n) is 0.668. The first kappa shape index (κ1) is 8.46. The van der Waals surface area contributed by atoms with Gasteiger partial charge in [-0.05, 0) is 0 Å². The molecule has 0 radical (unpaired) electrons. The Balaban J connectivity index is 2.83. The number of halogens is 2. The van der Waals surface area contributed by atoms with E-state index in [0.29, 0.717) is 42.4 Å². The van der Waals surface area contributed by atoms with Crippen molar-refractivity contribution in [3.63, 3.8) is 0 Å². The zero-order valence-corrected chi connectivity index (χ0v) is 9.36. The Kier molecular flexibility index (Phi) is 6.76.